The summed E-state index contributed by atoms with van der Waals surface area (Å²) in [5.74, 6) is -0.327. The maximum absolute atomic E-state index is 11.9. The number of methoxy groups -OCH3 is 1. The van der Waals surface area contributed by atoms with Gasteiger partial charge in [-0.05, 0) is 35.0 Å². The number of anilines is 1. The monoisotopic (exact) mass is 309 g/mol. The Bertz CT molecular complexity index is 845. The fourth-order valence-corrected chi connectivity index (χ4v) is 3.35. The number of hydrogen-bond acceptors (Lipinski definition) is 4. The van der Waals surface area contributed by atoms with Gasteiger partial charge in [-0.1, -0.05) is 48.2 Å². The second-order valence-corrected chi connectivity index (χ2v) is 5.87. The summed E-state index contributed by atoms with van der Waals surface area (Å²) in [7, 11) is 1.39. The van der Waals surface area contributed by atoms with Gasteiger partial charge in [-0.3, -0.25) is 0 Å². The van der Waals surface area contributed by atoms with Gasteiger partial charge in [0.25, 0.3) is 0 Å². The Morgan fingerprint density at radius 1 is 0.909 bits per heavy atom. The van der Waals surface area contributed by atoms with E-state index in [2.05, 4.69) is 0 Å². The van der Waals surface area contributed by atoms with Gasteiger partial charge < -0.3 is 10.5 Å². The zero-order chi connectivity index (χ0) is 15.5. The fraction of sp³-hybridized carbons (Fsp3) is 0.0556. The third-order valence-corrected chi connectivity index (χ3v) is 4.59. The van der Waals surface area contributed by atoms with Gasteiger partial charge >= 0.3 is 5.97 Å². The molecule has 110 valence electrons. The molecule has 0 spiro atoms. The van der Waals surface area contributed by atoms with Gasteiger partial charge in [0.1, 0.15) is 0 Å². The minimum atomic E-state index is -0.327. The van der Waals surface area contributed by atoms with E-state index in [1.54, 1.807) is 17.8 Å². The number of carbonyl (C=O) groups is 1. The van der Waals surface area contributed by atoms with Gasteiger partial charge in [0.05, 0.1) is 12.7 Å². The Morgan fingerprint density at radius 2 is 1.59 bits per heavy atom. The molecular weight excluding hydrogens is 294 g/mol. The molecule has 22 heavy (non-hydrogen) atoms. The van der Waals surface area contributed by atoms with Crippen molar-refractivity contribution in [3.63, 3.8) is 0 Å². The number of nitrogen functional groups attached to an aromatic ring is 1. The number of benzene rings is 3. The molecule has 0 aromatic heterocycles. The van der Waals surface area contributed by atoms with Crippen molar-refractivity contribution >= 4 is 34.2 Å². The number of carbonyl (C=O) groups excluding carboxylic acids is 1. The van der Waals surface area contributed by atoms with Gasteiger partial charge in [-0.2, -0.15) is 0 Å². The number of hydrogen-bond donors (Lipinski definition) is 1. The summed E-state index contributed by atoms with van der Waals surface area (Å²) in [6, 6.07) is 19.3. The Hall–Kier alpha value is -2.46. The summed E-state index contributed by atoms with van der Waals surface area (Å²) in [6.45, 7) is 0. The van der Waals surface area contributed by atoms with Crippen molar-refractivity contribution in [3.8, 4) is 0 Å². The molecule has 0 aliphatic rings. The van der Waals surface area contributed by atoms with Crippen molar-refractivity contribution < 1.29 is 9.53 Å². The second-order valence-electron chi connectivity index (χ2n) is 4.79. The molecule has 0 amide bonds. The van der Waals surface area contributed by atoms with E-state index in [9.17, 15) is 4.79 Å². The molecule has 0 bridgehead atoms. The van der Waals surface area contributed by atoms with Crippen LogP contribution < -0.4 is 5.73 Å². The normalized spacial score (nSPS) is 10.6. The molecule has 2 N–H and O–H groups in total. The predicted octanol–water partition coefficient (Wildman–Crippen LogP) is 4.36. The smallest absolute Gasteiger partial charge is 0.338 e. The molecule has 0 fully saturated rings. The highest BCUT2D eigenvalue weighted by molar-refractivity contribution is 7.99. The van der Waals surface area contributed by atoms with Gasteiger partial charge in [-0.15, -0.1) is 0 Å². The van der Waals surface area contributed by atoms with Gasteiger partial charge in [0.15, 0.2) is 0 Å². The van der Waals surface area contributed by atoms with Crippen LogP contribution >= 0.6 is 11.8 Å². The molecule has 0 aliphatic heterocycles. The van der Waals surface area contributed by atoms with Crippen molar-refractivity contribution in [3.05, 3.63) is 66.2 Å². The molecular formula is C18H15NO2S. The third-order valence-electron chi connectivity index (χ3n) is 3.43. The third kappa shape index (κ3) is 2.65. The highest BCUT2D eigenvalue weighted by atomic mass is 32.2. The fourth-order valence-electron chi connectivity index (χ4n) is 2.35. The molecule has 3 rings (SSSR count). The Kier molecular flexibility index (Phi) is 4.02. The maximum atomic E-state index is 11.9. The van der Waals surface area contributed by atoms with E-state index in [4.69, 9.17) is 10.5 Å². The van der Waals surface area contributed by atoms with Crippen molar-refractivity contribution in [1.82, 2.24) is 0 Å². The Morgan fingerprint density at radius 3 is 2.36 bits per heavy atom. The van der Waals surface area contributed by atoms with Gasteiger partial charge in [-0.25, -0.2) is 4.79 Å². The first-order valence-corrected chi connectivity index (χ1v) is 7.65. The molecule has 0 aliphatic carbocycles. The second kappa shape index (κ2) is 6.12. The quantitative estimate of drug-likeness (QED) is 0.577. The Balaban J connectivity index is 2.12. The number of para-hydroxylation sites is 1. The summed E-state index contributed by atoms with van der Waals surface area (Å²) >= 11 is 1.59. The average molecular weight is 309 g/mol. The van der Waals surface area contributed by atoms with Crippen LogP contribution in [0.4, 0.5) is 5.69 Å². The molecule has 3 nitrogen and oxygen atoms in total. The summed E-state index contributed by atoms with van der Waals surface area (Å²) in [5.41, 5.74) is 7.33. The van der Waals surface area contributed by atoms with E-state index >= 15 is 0 Å². The molecule has 4 heteroatoms. The average Bonchev–Trinajstić information content (AvgIpc) is 2.56. The number of nitrogens with two attached hydrogens (primary N) is 1. The minimum absolute atomic E-state index is 0.327. The van der Waals surface area contributed by atoms with Crippen LogP contribution in [0, 0.1) is 0 Å². The summed E-state index contributed by atoms with van der Waals surface area (Å²) in [4.78, 5) is 14.0. The Labute approximate surface area is 133 Å². The summed E-state index contributed by atoms with van der Waals surface area (Å²) in [6.07, 6.45) is 0. The molecule has 0 unspecified atom stereocenters. The topological polar surface area (TPSA) is 52.3 Å². The van der Waals surface area contributed by atoms with Crippen LogP contribution in [0.3, 0.4) is 0 Å². The van der Waals surface area contributed by atoms with Gasteiger partial charge in [0, 0.05) is 15.5 Å². The largest absolute Gasteiger partial charge is 0.465 e. The molecule has 3 aromatic carbocycles. The van der Waals surface area contributed by atoms with Crippen molar-refractivity contribution in [1.29, 1.82) is 0 Å². The summed E-state index contributed by atoms with van der Waals surface area (Å²) in [5, 5.41) is 1.90. The molecule has 3 aromatic rings. The van der Waals surface area contributed by atoms with E-state index in [0.717, 1.165) is 26.3 Å². The molecule has 0 saturated carbocycles. The molecule has 0 radical (unpaired) electrons. The molecule has 0 saturated heterocycles. The van der Waals surface area contributed by atoms with Crippen LogP contribution in [0.15, 0.2) is 70.5 Å². The lowest BCUT2D eigenvalue weighted by atomic mass is 10.0. The van der Waals surface area contributed by atoms with Crippen LogP contribution in [-0.4, -0.2) is 13.1 Å². The molecule has 0 heterocycles. The van der Waals surface area contributed by atoms with Crippen LogP contribution in [-0.2, 0) is 4.74 Å². The van der Waals surface area contributed by atoms with Crippen molar-refractivity contribution in [2.75, 3.05) is 12.8 Å². The highest BCUT2D eigenvalue weighted by Crippen LogP contribution is 2.37. The number of esters is 1. The highest BCUT2D eigenvalue weighted by Gasteiger charge is 2.12. The van der Waals surface area contributed by atoms with Crippen molar-refractivity contribution in [2.24, 2.45) is 0 Å². The first-order chi connectivity index (χ1) is 10.7. The van der Waals surface area contributed by atoms with E-state index < -0.39 is 0 Å². The first-order valence-electron chi connectivity index (χ1n) is 6.83. The zero-order valence-electron chi connectivity index (χ0n) is 12.1. The van der Waals surface area contributed by atoms with Crippen LogP contribution in [0.1, 0.15) is 10.4 Å². The zero-order valence-corrected chi connectivity index (χ0v) is 12.9. The number of rotatable bonds is 3. The standard InChI is InChI=1S/C18H15NO2S/c1-21-18(20)14-8-4-7-13-12(14)6-5-11-16(13)22-17-10-3-2-9-15(17)19/h2-11H,19H2,1H3. The SMILES string of the molecule is COC(=O)c1cccc2c(Sc3ccccc3N)cccc12. The van der Waals surface area contributed by atoms with E-state index in [1.165, 1.54) is 7.11 Å². The van der Waals surface area contributed by atoms with Crippen molar-refractivity contribution in [2.45, 2.75) is 9.79 Å². The van der Waals surface area contributed by atoms with Crippen LogP contribution in [0.2, 0.25) is 0 Å². The minimum Gasteiger partial charge on any atom is -0.465 e. The van der Waals surface area contributed by atoms with Crippen LogP contribution in [0.25, 0.3) is 10.8 Å². The number of fused-ring (bicyclic) bond motifs is 1. The summed E-state index contributed by atoms with van der Waals surface area (Å²) < 4.78 is 4.86. The van der Waals surface area contributed by atoms with E-state index in [0.29, 0.717) is 5.56 Å². The van der Waals surface area contributed by atoms with Gasteiger partial charge in [0.2, 0.25) is 0 Å². The lowest BCUT2D eigenvalue weighted by molar-refractivity contribution is 0.0603. The lowest BCUT2D eigenvalue weighted by Crippen LogP contribution is -2.01. The van der Waals surface area contributed by atoms with Crippen LogP contribution in [0.5, 0.6) is 0 Å². The predicted molar refractivity (Wildman–Crippen MR) is 90.3 cm³/mol. The van der Waals surface area contributed by atoms with E-state index in [-0.39, 0.29) is 5.97 Å². The molecule has 0 atom stereocenters. The van der Waals surface area contributed by atoms with E-state index in [1.807, 2.05) is 54.6 Å². The lowest BCUT2D eigenvalue weighted by Gasteiger charge is -2.10. The number of ether oxygens (including phenoxy) is 1. The first kappa shape index (κ1) is 14.5. The maximum Gasteiger partial charge on any atom is 0.338 e.